The van der Waals surface area contributed by atoms with Crippen molar-refractivity contribution in [2.45, 2.75) is 56.4 Å². The van der Waals surface area contributed by atoms with Gasteiger partial charge in [-0.1, -0.05) is 35.7 Å². The van der Waals surface area contributed by atoms with Crippen molar-refractivity contribution < 1.29 is 4.74 Å². The summed E-state index contributed by atoms with van der Waals surface area (Å²) < 4.78 is 6.01. The molecule has 0 aromatic heterocycles. The van der Waals surface area contributed by atoms with Crippen molar-refractivity contribution in [3.63, 3.8) is 0 Å². The third-order valence-corrected chi connectivity index (χ3v) is 4.67. The Hall–Kier alpha value is 0.440. The first-order valence-electron chi connectivity index (χ1n) is 6.03. The van der Waals surface area contributed by atoms with Gasteiger partial charge in [0.05, 0.1) is 6.10 Å². The fourth-order valence-electron chi connectivity index (χ4n) is 2.32. The molecule has 14 heavy (non-hydrogen) atoms. The van der Waals surface area contributed by atoms with Crippen LogP contribution >= 0.6 is 15.9 Å². The van der Waals surface area contributed by atoms with Gasteiger partial charge in [0.2, 0.25) is 0 Å². The Balaban J connectivity index is 1.67. The van der Waals surface area contributed by atoms with Gasteiger partial charge in [-0.3, -0.25) is 0 Å². The molecule has 2 aliphatic rings. The number of alkyl halides is 1. The van der Waals surface area contributed by atoms with E-state index < -0.39 is 0 Å². The summed E-state index contributed by atoms with van der Waals surface area (Å²) in [6.07, 6.45) is 8.64. The summed E-state index contributed by atoms with van der Waals surface area (Å²) in [5.41, 5.74) is 0. The van der Waals surface area contributed by atoms with Gasteiger partial charge in [0.1, 0.15) is 0 Å². The Kier molecular flexibility index (Phi) is 3.89. The van der Waals surface area contributed by atoms with Crippen LogP contribution < -0.4 is 0 Å². The number of halogens is 1. The van der Waals surface area contributed by atoms with Gasteiger partial charge in [0.25, 0.3) is 0 Å². The van der Waals surface area contributed by atoms with Gasteiger partial charge in [-0.15, -0.1) is 0 Å². The van der Waals surface area contributed by atoms with E-state index in [0.717, 1.165) is 18.4 Å². The van der Waals surface area contributed by atoms with Crippen molar-refractivity contribution in [2.75, 3.05) is 6.61 Å². The zero-order valence-corrected chi connectivity index (χ0v) is 10.6. The van der Waals surface area contributed by atoms with E-state index in [1.54, 1.807) is 0 Å². The Bertz CT molecular complexity index is 179. The third kappa shape index (κ3) is 2.96. The largest absolute Gasteiger partial charge is 0.377 e. The van der Waals surface area contributed by atoms with Gasteiger partial charge in [0, 0.05) is 11.4 Å². The summed E-state index contributed by atoms with van der Waals surface area (Å²) in [5.74, 6) is 1.77. The van der Waals surface area contributed by atoms with Gasteiger partial charge in [-0.25, -0.2) is 0 Å². The summed E-state index contributed by atoms with van der Waals surface area (Å²) in [5, 5.41) is 0. The van der Waals surface area contributed by atoms with E-state index >= 15 is 0 Å². The van der Waals surface area contributed by atoms with Crippen LogP contribution in [0.4, 0.5) is 0 Å². The maximum Gasteiger partial charge on any atom is 0.0700 e. The Morgan fingerprint density at radius 1 is 1.21 bits per heavy atom. The lowest BCUT2D eigenvalue weighted by Crippen LogP contribution is -2.29. The van der Waals surface area contributed by atoms with Crippen LogP contribution in [0.25, 0.3) is 0 Å². The third-order valence-electron chi connectivity index (χ3n) is 3.62. The van der Waals surface area contributed by atoms with Gasteiger partial charge in [0.15, 0.2) is 0 Å². The summed E-state index contributed by atoms with van der Waals surface area (Å²) >= 11 is 3.73. The molecule has 0 N–H and O–H groups in total. The minimum absolute atomic E-state index is 0.491. The van der Waals surface area contributed by atoms with Crippen molar-refractivity contribution in [3.05, 3.63) is 0 Å². The standard InChI is InChI=1S/C12H21BrO/c1-9(10-6-7-10)8-14-12-5-3-2-4-11(12)13/h9-12H,2-8H2,1H3. The van der Waals surface area contributed by atoms with Crippen LogP contribution in [-0.4, -0.2) is 17.5 Å². The molecule has 2 heteroatoms. The number of hydrogen-bond acceptors (Lipinski definition) is 1. The topological polar surface area (TPSA) is 9.23 Å². The highest BCUT2D eigenvalue weighted by Gasteiger charge is 2.30. The molecule has 0 amide bonds. The van der Waals surface area contributed by atoms with Crippen molar-refractivity contribution in [1.82, 2.24) is 0 Å². The molecule has 0 saturated heterocycles. The number of hydrogen-bond donors (Lipinski definition) is 0. The predicted octanol–water partition coefficient (Wildman–Crippen LogP) is 3.76. The highest BCUT2D eigenvalue weighted by atomic mass is 79.9. The fourth-order valence-corrected chi connectivity index (χ4v) is 3.06. The summed E-state index contributed by atoms with van der Waals surface area (Å²) in [7, 11) is 0. The lowest BCUT2D eigenvalue weighted by molar-refractivity contribution is 0.0125. The smallest absolute Gasteiger partial charge is 0.0700 e. The van der Waals surface area contributed by atoms with E-state index in [1.165, 1.54) is 38.5 Å². The molecular formula is C12H21BrO. The maximum absolute atomic E-state index is 6.01. The first kappa shape index (κ1) is 10.9. The van der Waals surface area contributed by atoms with E-state index in [0.29, 0.717) is 10.9 Å². The Morgan fingerprint density at radius 3 is 2.57 bits per heavy atom. The van der Waals surface area contributed by atoms with Crippen LogP contribution in [0.3, 0.4) is 0 Å². The quantitative estimate of drug-likeness (QED) is 0.700. The minimum Gasteiger partial charge on any atom is -0.377 e. The minimum atomic E-state index is 0.491. The molecule has 3 atom stereocenters. The second kappa shape index (κ2) is 4.98. The van der Waals surface area contributed by atoms with Crippen molar-refractivity contribution in [2.24, 2.45) is 11.8 Å². The molecule has 0 heterocycles. The Morgan fingerprint density at radius 2 is 1.93 bits per heavy atom. The number of rotatable bonds is 4. The SMILES string of the molecule is CC(COC1CCCCC1Br)C1CC1. The van der Waals surface area contributed by atoms with E-state index in [4.69, 9.17) is 4.74 Å². The highest BCUT2D eigenvalue weighted by molar-refractivity contribution is 9.09. The molecule has 1 nitrogen and oxygen atoms in total. The summed E-state index contributed by atoms with van der Waals surface area (Å²) in [6, 6.07) is 0. The molecule has 0 aliphatic heterocycles. The molecule has 2 fully saturated rings. The summed E-state index contributed by atoms with van der Waals surface area (Å²) in [4.78, 5) is 0.614. The molecule has 2 rings (SSSR count). The molecule has 0 bridgehead atoms. The van der Waals surface area contributed by atoms with Crippen LogP contribution in [0.2, 0.25) is 0 Å². The Labute approximate surface area is 95.7 Å². The number of ether oxygens (including phenoxy) is 1. The lowest BCUT2D eigenvalue weighted by Gasteiger charge is -2.28. The van der Waals surface area contributed by atoms with Crippen LogP contribution in [0.15, 0.2) is 0 Å². The normalized spacial score (nSPS) is 35.6. The molecule has 0 radical (unpaired) electrons. The molecular weight excluding hydrogens is 240 g/mol. The molecule has 2 aliphatic carbocycles. The van der Waals surface area contributed by atoms with Gasteiger partial charge in [-0.05, 0) is 37.5 Å². The first-order valence-corrected chi connectivity index (χ1v) is 6.94. The summed E-state index contributed by atoms with van der Waals surface area (Å²) in [6.45, 7) is 3.32. The van der Waals surface area contributed by atoms with Crippen LogP contribution in [0.5, 0.6) is 0 Å². The first-order chi connectivity index (χ1) is 6.77. The van der Waals surface area contributed by atoms with Crippen molar-refractivity contribution in [1.29, 1.82) is 0 Å². The predicted molar refractivity (Wildman–Crippen MR) is 62.8 cm³/mol. The molecule has 0 aromatic carbocycles. The fraction of sp³-hybridized carbons (Fsp3) is 1.00. The molecule has 82 valence electrons. The molecule has 0 spiro atoms. The maximum atomic E-state index is 6.01. The second-order valence-electron chi connectivity index (χ2n) is 4.99. The average Bonchev–Trinajstić information content (AvgIpc) is 2.99. The van der Waals surface area contributed by atoms with E-state index in [9.17, 15) is 0 Å². The zero-order valence-electron chi connectivity index (χ0n) is 9.05. The van der Waals surface area contributed by atoms with Gasteiger partial charge < -0.3 is 4.74 Å². The van der Waals surface area contributed by atoms with Crippen LogP contribution in [-0.2, 0) is 4.74 Å². The van der Waals surface area contributed by atoms with Gasteiger partial charge in [-0.2, -0.15) is 0 Å². The monoisotopic (exact) mass is 260 g/mol. The average molecular weight is 261 g/mol. The lowest BCUT2D eigenvalue weighted by atomic mass is 9.97. The second-order valence-corrected chi connectivity index (χ2v) is 6.16. The molecule has 2 saturated carbocycles. The zero-order chi connectivity index (χ0) is 9.97. The van der Waals surface area contributed by atoms with E-state index in [-0.39, 0.29) is 0 Å². The van der Waals surface area contributed by atoms with Crippen molar-refractivity contribution in [3.8, 4) is 0 Å². The molecule has 0 aromatic rings. The van der Waals surface area contributed by atoms with Crippen LogP contribution in [0.1, 0.15) is 45.4 Å². The molecule has 3 unspecified atom stereocenters. The van der Waals surface area contributed by atoms with Gasteiger partial charge >= 0.3 is 0 Å². The van der Waals surface area contributed by atoms with Crippen LogP contribution in [0, 0.1) is 11.8 Å². The van der Waals surface area contributed by atoms with E-state index in [1.807, 2.05) is 0 Å². The highest BCUT2D eigenvalue weighted by Crippen LogP contribution is 2.37. The van der Waals surface area contributed by atoms with E-state index in [2.05, 4.69) is 22.9 Å². The van der Waals surface area contributed by atoms with Crippen molar-refractivity contribution >= 4 is 15.9 Å².